The van der Waals surface area contributed by atoms with Gasteiger partial charge in [0.2, 0.25) is 0 Å². The molecule has 1 aromatic heterocycles. The number of nitriles is 1. The second kappa shape index (κ2) is 8.49. The van der Waals surface area contributed by atoms with Gasteiger partial charge in [-0.2, -0.15) is 5.26 Å². The van der Waals surface area contributed by atoms with Crippen molar-refractivity contribution >= 4 is 17.7 Å². The lowest BCUT2D eigenvalue weighted by Crippen LogP contribution is -2.35. The van der Waals surface area contributed by atoms with Crippen LogP contribution < -0.4 is 9.47 Å². The van der Waals surface area contributed by atoms with Crippen LogP contribution in [0.25, 0.3) is 6.08 Å². The molecule has 0 radical (unpaired) electrons. The van der Waals surface area contributed by atoms with E-state index in [1.165, 1.54) is 6.08 Å². The minimum atomic E-state index is -0.606. The third-order valence-corrected chi connectivity index (χ3v) is 3.42. The molecule has 1 heterocycles. The molecule has 122 valence electrons. The highest BCUT2D eigenvalue weighted by atomic mass is 16.5. The van der Waals surface area contributed by atoms with Crippen molar-refractivity contribution in [3.63, 3.8) is 0 Å². The normalized spacial score (nSPS) is 10.8. The van der Waals surface area contributed by atoms with E-state index in [1.54, 1.807) is 0 Å². The highest BCUT2D eigenvalue weighted by Gasteiger charge is 2.11. The molecule has 24 heavy (non-hydrogen) atoms. The SMILES string of the molecule is CN(C)c1ccc(/C=C(\C#N)C(=O)OCC[n+]2ccccc2)cc1. The molecule has 0 saturated carbocycles. The summed E-state index contributed by atoms with van der Waals surface area (Å²) in [5.41, 5.74) is 1.82. The van der Waals surface area contributed by atoms with E-state index in [1.807, 2.05) is 84.5 Å². The number of anilines is 1. The molecule has 2 aromatic rings. The Morgan fingerprint density at radius 3 is 2.46 bits per heavy atom. The van der Waals surface area contributed by atoms with Gasteiger partial charge in [0.1, 0.15) is 11.6 Å². The maximum Gasteiger partial charge on any atom is 0.349 e. The maximum absolute atomic E-state index is 12.0. The molecule has 0 N–H and O–H groups in total. The van der Waals surface area contributed by atoms with Gasteiger partial charge in [-0.1, -0.05) is 18.2 Å². The number of benzene rings is 1. The lowest BCUT2D eigenvalue weighted by atomic mass is 10.1. The first-order chi connectivity index (χ1) is 11.6. The molecule has 0 spiro atoms. The predicted octanol–water partition coefficient (Wildman–Crippen LogP) is 2.19. The number of carbonyl (C=O) groups excluding carboxylic acids is 1. The number of nitrogens with zero attached hydrogens (tertiary/aromatic N) is 3. The molecule has 2 rings (SSSR count). The molecule has 0 atom stereocenters. The fourth-order valence-electron chi connectivity index (χ4n) is 2.08. The Bertz CT molecular complexity index is 744. The number of pyridine rings is 1. The van der Waals surface area contributed by atoms with Gasteiger partial charge in [-0.3, -0.25) is 0 Å². The monoisotopic (exact) mass is 322 g/mol. The van der Waals surface area contributed by atoms with Crippen molar-refractivity contribution in [3.05, 3.63) is 66.0 Å². The van der Waals surface area contributed by atoms with Crippen molar-refractivity contribution in [1.82, 2.24) is 0 Å². The number of ether oxygens (including phenoxy) is 1. The highest BCUT2D eigenvalue weighted by Crippen LogP contribution is 2.15. The van der Waals surface area contributed by atoms with E-state index >= 15 is 0 Å². The second-order valence-electron chi connectivity index (χ2n) is 5.41. The largest absolute Gasteiger partial charge is 0.455 e. The van der Waals surface area contributed by atoms with Gasteiger partial charge in [0.15, 0.2) is 25.5 Å². The molecule has 0 bridgehead atoms. The topological polar surface area (TPSA) is 57.2 Å². The first-order valence-electron chi connectivity index (χ1n) is 7.60. The van der Waals surface area contributed by atoms with E-state index in [0.29, 0.717) is 6.54 Å². The highest BCUT2D eigenvalue weighted by molar-refractivity contribution is 5.97. The van der Waals surface area contributed by atoms with Crippen LogP contribution in [0.15, 0.2) is 60.4 Å². The molecular weight excluding hydrogens is 302 g/mol. The quantitative estimate of drug-likeness (QED) is 0.354. The molecule has 5 nitrogen and oxygen atoms in total. The zero-order valence-corrected chi connectivity index (χ0v) is 13.8. The van der Waals surface area contributed by atoms with Crippen LogP contribution in [-0.4, -0.2) is 26.7 Å². The van der Waals surface area contributed by atoms with Crippen LogP contribution in [0.1, 0.15) is 5.56 Å². The molecule has 0 fully saturated rings. The van der Waals surface area contributed by atoms with Crippen LogP contribution in [0.3, 0.4) is 0 Å². The van der Waals surface area contributed by atoms with E-state index in [4.69, 9.17) is 4.74 Å². The Morgan fingerprint density at radius 1 is 1.21 bits per heavy atom. The van der Waals surface area contributed by atoms with Crippen LogP contribution in [0.2, 0.25) is 0 Å². The number of hydrogen-bond donors (Lipinski definition) is 0. The Hall–Kier alpha value is -3.13. The molecule has 0 aliphatic carbocycles. The van der Waals surface area contributed by atoms with Crippen molar-refractivity contribution in [2.75, 3.05) is 25.6 Å². The fraction of sp³-hybridized carbons (Fsp3) is 0.211. The van der Waals surface area contributed by atoms with Crippen LogP contribution in [0.4, 0.5) is 5.69 Å². The summed E-state index contributed by atoms with van der Waals surface area (Å²) in [4.78, 5) is 14.0. The Kier molecular flexibility index (Phi) is 6.09. The summed E-state index contributed by atoms with van der Waals surface area (Å²) in [5.74, 6) is -0.606. The summed E-state index contributed by atoms with van der Waals surface area (Å²) in [6.45, 7) is 0.759. The summed E-state index contributed by atoms with van der Waals surface area (Å²) >= 11 is 0. The third-order valence-electron chi connectivity index (χ3n) is 3.42. The molecule has 0 amide bonds. The third kappa shape index (κ3) is 4.96. The lowest BCUT2D eigenvalue weighted by Gasteiger charge is -2.11. The summed E-state index contributed by atoms with van der Waals surface area (Å²) in [5, 5.41) is 9.18. The van der Waals surface area contributed by atoms with Gasteiger partial charge in [0.05, 0.1) is 0 Å². The second-order valence-corrected chi connectivity index (χ2v) is 5.41. The summed E-state index contributed by atoms with van der Waals surface area (Å²) in [6.07, 6.45) is 5.32. The Balaban J connectivity index is 1.96. The van der Waals surface area contributed by atoms with Gasteiger partial charge in [0, 0.05) is 31.9 Å². The minimum absolute atomic E-state index is 0.00864. The molecule has 1 aromatic carbocycles. The van der Waals surface area contributed by atoms with Crippen molar-refractivity contribution in [2.45, 2.75) is 6.54 Å². The van der Waals surface area contributed by atoms with Crippen LogP contribution in [-0.2, 0) is 16.1 Å². The summed E-state index contributed by atoms with van der Waals surface area (Å²) in [7, 11) is 3.90. The molecule has 0 unspecified atom stereocenters. The van der Waals surface area contributed by atoms with Crippen molar-refractivity contribution in [1.29, 1.82) is 5.26 Å². The van der Waals surface area contributed by atoms with E-state index in [-0.39, 0.29) is 12.2 Å². The first-order valence-corrected chi connectivity index (χ1v) is 7.60. The molecule has 0 saturated heterocycles. The lowest BCUT2D eigenvalue weighted by molar-refractivity contribution is -0.697. The van der Waals surface area contributed by atoms with Crippen LogP contribution in [0, 0.1) is 11.3 Å². The smallest absolute Gasteiger partial charge is 0.349 e. The molecule has 5 heteroatoms. The van der Waals surface area contributed by atoms with Crippen LogP contribution >= 0.6 is 0 Å². The van der Waals surface area contributed by atoms with E-state index < -0.39 is 5.97 Å². The zero-order chi connectivity index (χ0) is 17.4. The number of esters is 1. The van der Waals surface area contributed by atoms with Crippen molar-refractivity contribution < 1.29 is 14.1 Å². The molecule has 0 aliphatic heterocycles. The average Bonchev–Trinajstić information content (AvgIpc) is 2.60. The average molecular weight is 322 g/mol. The molecule has 0 aliphatic rings. The maximum atomic E-state index is 12.0. The van der Waals surface area contributed by atoms with Gasteiger partial charge < -0.3 is 9.64 Å². The van der Waals surface area contributed by atoms with Gasteiger partial charge in [-0.25, -0.2) is 9.36 Å². The van der Waals surface area contributed by atoms with E-state index in [0.717, 1.165) is 11.3 Å². The standard InChI is InChI=1S/C19H20N3O2/c1-21(2)18-8-6-16(7-9-18)14-17(15-20)19(23)24-13-12-22-10-4-3-5-11-22/h3-11,14H,12-13H2,1-2H3/q+1/b17-14+. The fourth-order valence-corrected chi connectivity index (χ4v) is 2.08. The van der Waals surface area contributed by atoms with Gasteiger partial charge in [0.25, 0.3) is 0 Å². The van der Waals surface area contributed by atoms with E-state index in [9.17, 15) is 10.1 Å². The van der Waals surface area contributed by atoms with Crippen molar-refractivity contribution in [2.24, 2.45) is 0 Å². The number of aromatic nitrogens is 1. The van der Waals surface area contributed by atoms with Crippen molar-refractivity contribution in [3.8, 4) is 6.07 Å². The van der Waals surface area contributed by atoms with Gasteiger partial charge in [-0.15, -0.1) is 0 Å². The number of hydrogen-bond acceptors (Lipinski definition) is 4. The minimum Gasteiger partial charge on any atom is -0.455 e. The van der Waals surface area contributed by atoms with E-state index in [2.05, 4.69) is 0 Å². The number of rotatable bonds is 6. The molecular formula is C19H20N3O2+. The van der Waals surface area contributed by atoms with Gasteiger partial charge >= 0.3 is 5.97 Å². The predicted molar refractivity (Wildman–Crippen MR) is 92.0 cm³/mol. The first kappa shape index (κ1) is 17.2. The summed E-state index contributed by atoms with van der Waals surface area (Å²) < 4.78 is 7.08. The zero-order valence-electron chi connectivity index (χ0n) is 13.8. The Morgan fingerprint density at radius 2 is 1.88 bits per heavy atom. The Labute approximate surface area is 142 Å². The van der Waals surface area contributed by atoms with Gasteiger partial charge in [-0.05, 0) is 23.8 Å². The van der Waals surface area contributed by atoms with Crippen LogP contribution in [0.5, 0.6) is 0 Å². The summed E-state index contributed by atoms with van der Waals surface area (Å²) in [6, 6.07) is 15.2. The number of carbonyl (C=O) groups is 1.